The van der Waals surface area contributed by atoms with Crippen LogP contribution in [0.4, 0.5) is 5.69 Å². The van der Waals surface area contributed by atoms with Gasteiger partial charge < -0.3 is 15.2 Å². The first kappa shape index (κ1) is 16.2. The lowest BCUT2D eigenvalue weighted by Gasteiger charge is -2.35. The van der Waals surface area contributed by atoms with E-state index in [1.807, 2.05) is 26.0 Å². The quantitative estimate of drug-likeness (QED) is 0.924. The molecule has 0 radical (unpaired) electrons. The molecule has 23 heavy (non-hydrogen) atoms. The Bertz CT molecular complexity index is 641. The fraction of sp³-hybridized carbons (Fsp3) is 0.500. The van der Waals surface area contributed by atoms with Gasteiger partial charge in [0.25, 0.3) is 0 Å². The van der Waals surface area contributed by atoms with Gasteiger partial charge in [-0.15, -0.1) is 0 Å². The van der Waals surface area contributed by atoms with Gasteiger partial charge in [0.2, 0.25) is 5.89 Å². The zero-order valence-electron chi connectivity index (χ0n) is 13.5. The van der Waals surface area contributed by atoms with Crippen molar-refractivity contribution in [2.24, 2.45) is 5.73 Å². The summed E-state index contributed by atoms with van der Waals surface area (Å²) in [7, 11) is 0. The monoisotopic (exact) mass is 335 g/mol. The van der Waals surface area contributed by atoms with Crippen molar-refractivity contribution in [1.29, 1.82) is 0 Å². The van der Waals surface area contributed by atoms with Crippen molar-refractivity contribution in [3.63, 3.8) is 0 Å². The lowest BCUT2D eigenvalue weighted by Crippen LogP contribution is -2.46. The van der Waals surface area contributed by atoms with Gasteiger partial charge in [-0.25, -0.2) is 0 Å². The molecular formula is C16H22ClN5O. The largest absolute Gasteiger partial charge is 0.369 e. The third-order valence-corrected chi connectivity index (χ3v) is 4.22. The van der Waals surface area contributed by atoms with Gasteiger partial charge >= 0.3 is 0 Å². The summed E-state index contributed by atoms with van der Waals surface area (Å²) in [6.07, 6.45) is 0. The molecule has 0 bridgehead atoms. The minimum absolute atomic E-state index is 0.548. The van der Waals surface area contributed by atoms with Gasteiger partial charge in [0.05, 0.1) is 12.1 Å². The fourth-order valence-electron chi connectivity index (χ4n) is 2.59. The van der Waals surface area contributed by atoms with Gasteiger partial charge in [-0.3, -0.25) is 4.90 Å². The fourth-order valence-corrected chi connectivity index (χ4v) is 2.71. The topological polar surface area (TPSA) is 71.4 Å². The van der Waals surface area contributed by atoms with E-state index in [1.54, 1.807) is 0 Å². The van der Waals surface area contributed by atoms with Crippen LogP contribution in [0.25, 0.3) is 0 Å². The number of anilines is 1. The Morgan fingerprint density at radius 3 is 2.39 bits per heavy atom. The summed E-state index contributed by atoms with van der Waals surface area (Å²) in [5.41, 5.74) is 6.61. The molecule has 124 valence electrons. The number of benzene rings is 1. The van der Waals surface area contributed by atoms with Crippen molar-refractivity contribution >= 4 is 17.3 Å². The highest BCUT2D eigenvalue weighted by molar-refractivity contribution is 6.30. The molecule has 2 N–H and O–H groups in total. The van der Waals surface area contributed by atoms with Gasteiger partial charge in [-0.05, 0) is 38.1 Å². The van der Waals surface area contributed by atoms with E-state index in [1.165, 1.54) is 5.69 Å². The molecular weight excluding hydrogens is 314 g/mol. The van der Waals surface area contributed by atoms with E-state index in [-0.39, 0.29) is 0 Å². The Labute approximate surface area is 141 Å². The first-order chi connectivity index (χ1) is 10.9. The molecule has 1 aromatic heterocycles. The Kier molecular flexibility index (Phi) is 4.57. The Morgan fingerprint density at radius 1 is 1.17 bits per heavy atom. The molecule has 3 rings (SSSR count). The molecule has 1 fully saturated rings. The van der Waals surface area contributed by atoms with Crippen LogP contribution in [0.1, 0.15) is 25.6 Å². The van der Waals surface area contributed by atoms with Gasteiger partial charge in [-0.1, -0.05) is 16.8 Å². The predicted molar refractivity (Wildman–Crippen MR) is 90.5 cm³/mol. The molecule has 1 aliphatic heterocycles. The van der Waals surface area contributed by atoms with Gasteiger partial charge in [0.1, 0.15) is 0 Å². The normalized spacial score (nSPS) is 16.8. The zero-order chi connectivity index (χ0) is 16.4. The Hall–Kier alpha value is -1.63. The number of piperazine rings is 1. The molecule has 0 unspecified atom stereocenters. The highest BCUT2D eigenvalue weighted by atomic mass is 35.5. The predicted octanol–water partition coefficient (Wildman–Crippen LogP) is 2.24. The summed E-state index contributed by atoms with van der Waals surface area (Å²) in [4.78, 5) is 9.06. The molecule has 0 saturated carbocycles. The zero-order valence-corrected chi connectivity index (χ0v) is 14.3. The van der Waals surface area contributed by atoms with Crippen LogP contribution in [0.15, 0.2) is 28.8 Å². The van der Waals surface area contributed by atoms with Crippen LogP contribution in [-0.2, 0) is 12.1 Å². The lowest BCUT2D eigenvalue weighted by atomic mass is 10.1. The van der Waals surface area contributed by atoms with Crippen LogP contribution in [0.5, 0.6) is 0 Å². The maximum Gasteiger partial charge on any atom is 0.240 e. The van der Waals surface area contributed by atoms with Gasteiger partial charge in [-0.2, -0.15) is 4.98 Å². The molecule has 7 heteroatoms. The summed E-state index contributed by atoms with van der Waals surface area (Å²) in [6.45, 7) is 8.23. The van der Waals surface area contributed by atoms with E-state index < -0.39 is 5.54 Å². The van der Waals surface area contributed by atoms with Crippen molar-refractivity contribution in [1.82, 2.24) is 15.0 Å². The molecule has 1 aliphatic rings. The molecule has 2 aromatic rings. The molecule has 2 heterocycles. The van der Waals surface area contributed by atoms with Crippen LogP contribution in [0.2, 0.25) is 5.02 Å². The van der Waals surface area contributed by atoms with E-state index in [4.69, 9.17) is 21.9 Å². The number of halogens is 1. The summed E-state index contributed by atoms with van der Waals surface area (Å²) in [5.74, 6) is 1.17. The number of hydrogen-bond acceptors (Lipinski definition) is 6. The first-order valence-corrected chi connectivity index (χ1v) is 8.14. The van der Waals surface area contributed by atoms with E-state index in [0.717, 1.165) is 31.2 Å². The van der Waals surface area contributed by atoms with E-state index in [9.17, 15) is 0 Å². The van der Waals surface area contributed by atoms with E-state index in [0.29, 0.717) is 18.3 Å². The summed E-state index contributed by atoms with van der Waals surface area (Å²) < 4.78 is 5.31. The average Bonchev–Trinajstić information content (AvgIpc) is 2.98. The van der Waals surface area contributed by atoms with Crippen molar-refractivity contribution in [2.75, 3.05) is 31.1 Å². The van der Waals surface area contributed by atoms with Crippen LogP contribution in [-0.4, -0.2) is 41.2 Å². The van der Waals surface area contributed by atoms with Crippen molar-refractivity contribution in [3.8, 4) is 0 Å². The van der Waals surface area contributed by atoms with Crippen LogP contribution < -0.4 is 10.6 Å². The molecule has 0 amide bonds. The molecule has 0 aliphatic carbocycles. The standard InChI is InChI=1S/C16H22ClN5O/c1-16(2,18)15-19-14(23-20-15)11-21-7-9-22(10-8-21)13-5-3-12(17)4-6-13/h3-6H,7-11,18H2,1-2H3. The second-order valence-corrected chi connectivity index (χ2v) is 6.91. The highest BCUT2D eigenvalue weighted by Gasteiger charge is 2.23. The number of rotatable bonds is 4. The third-order valence-electron chi connectivity index (χ3n) is 3.97. The summed E-state index contributed by atoms with van der Waals surface area (Å²) >= 11 is 5.94. The number of hydrogen-bond donors (Lipinski definition) is 1. The maximum absolute atomic E-state index is 5.98. The van der Waals surface area contributed by atoms with Crippen molar-refractivity contribution < 1.29 is 4.52 Å². The van der Waals surface area contributed by atoms with Crippen LogP contribution in [0, 0.1) is 0 Å². The highest BCUT2D eigenvalue weighted by Crippen LogP contribution is 2.20. The van der Waals surface area contributed by atoms with E-state index >= 15 is 0 Å². The SMILES string of the molecule is CC(C)(N)c1noc(CN2CCN(c3ccc(Cl)cc3)CC2)n1. The second kappa shape index (κ2) is 6.47. The van der Waals surface area contributed by atoms with Gasteiger partial charge in [0.15, 0.2) is 5.82 Å². The van der Waals surface area contributed by atoms with Crippen molar-refractivity contribution in [3.05, 3.63) is 41.0 Å². The van der Waals surface area contributed by atoms with Crippen LogP contribution in [0.3, 0.4) is 0 Å². The Morgan fingerprint density at radius 2 is 1.83 bits per heavy atom. The second-order valence-electron chi connectivity index (χ2n) is 6.47. The minimum Gasteiger partial charge on any atom is -0.369 e. The molecule has 6 nitrogen and oxygen atoms in total. The maximum atomic E-state index is 5.98. The molecule has 0 spiro atoms. The third kappa shape index (κ3) is 4.02. The molecule has 0 atom stereocenters. The van der Waals surface area contributed by atoms with Crippen molar-refractivity contribution in [2.45, 2.75) is 25.9 Å². The molecule has 1 aromatic carbocycles. The minimum atomic E-state index is -0.574. The summed E-state index contributed by atoms with van der Waals surface area (Å²) in [5, 5.41) is 4.73. The lowest BCUT2D eigenvalue weighted by molar-refractivity contribution is 0.215. The van der Waals surface area contributed by atoms with Crippen LogP contribution >= 0.6 is 11.6 Å². The number of aromatic nitrogens is 2. The molecule has 1 saturated heterocycles. The number of nitrogens with zero attached hydrogens (tertiary/aromatic N) is 4. The average molecular weight is 336 g/mol. The first-order valence-electron chi connectivity index (χ1n) is 7.76. The van der Waals surface area contributed by atoms with Gasteiger partial charge in [0, 0.05) is 36.9 Å². The van der Waals surface area contributed by atoms with E-state index in [2.05, 4.69) is 32.1 Å². The number of nitrogens with two attached hydrogens (primary N) is 1. The smallest absolute Gasteiger partial charge is 0.240 e. The summed E-state index contributed by atoms with van der Waals surface area (Å²) in [6, 6.07) is 7.98. The Balaban J connectivity index is 1.55.